The van der Waals surface area contributed by atoms with Gasteiger partial charge in [0.25, 0.3) is 0 Å². The van der Waals surface area contributed by atoms with E-state index in [4.69, 9.17) is 11.6 Å². The Kier molecular flexibility index (Phi) is 18.7. The van der Waals surface area contributed by atoms with Gasteiger partial charge in [0.05, 0.1) is 4.87 Å². The SMILES string of the molecule is CCCCCCCCCCCCCCCCCCc1ccccc1C(Cl)(C1CC(C)CCC1C(C)C)C1CC(C)CCC1C(C)C. The van der Waals surface area contributed by atoms with Crippen LogP contribution in [0.25, 0.3) is 0 Å². The van der Waals surface area contributed by atoms with E-state index in [9.17, 15) is 0 Å². The average molecular weight is 656 g/mol. The van der Waals surface area contributed by atoms with Crippen molar-refractivity contribution in [3.05, 3.63) is 35.4 Å². The van der Waals surface area contributed by atoms with Gasteiger partial charge in [0, 0.05) is 0 Å². The molecule has 266 valence electrons. The minimum absolute atomic E-state index is 0.251. The van der Waals surface area contributed by atoms with Crippen LogP contribution < -0.4 is 0 Å². The molecule has 46 heavy (non-hydrogen) atoms. The van der Waals surface area contributed by atoms with E-state index in [2.05, 4.69) is 72.7 Å². The van der Waals surface area contributed by atoms with Crippen molar-refractivity contribution >= 4 is 11.6 Å². The highest BCUT2D eigenvalue weighted by molar-refractivity contribution is 6.24. The quantitative estimate of drug-likeness (QED) is 0.0862. The average Bonchev–Trinajstić information content (AvgIpc) is 3.04. The minimum Gasteiger partial charge on any atom is -0.113 e. The van der Waals surface area contributed by atoms with Gasteiger partial charge in [-0.05, 0) is 97.0 Å². The van der Waals surface area contributed by atoms with Crippen molar-refractivity contribution in [3.63, 3.8) is 0 Å². The van der Waals surface area contributed by atoms with Gasteiger partial charge >= 0.3 is 0 Å². The Bertz CT molecular complexity index is 883. The molecule has 1 aromatic rings. The molecule has 0 saturated heterocycles. The highest BCUT2D eigenvalue weighted by atomic mass is 35.5. The summed E-state index contributed by atoms with van der Waals surface area (Å²) in [4.78, 5) is -0.251. The van der Waals surface area contributed by atoms with Crippen LogP contribution >= 0.6 is 11.6 Å². The summed E-state index contributed by atoms with van der Waals surface area (Å²) in [5, 5.41) is 0. The first-order chi connectivity index (χ1) is 22.2. The van der Waals surface area contributed by atoms with Crippen molar-refractivity contribution in [1.82, 2.24) is 0 Å². The highest BCUT2D eigenvalue weighted by Gasteiger charge is 2.54. The summed E-state index contributed by atoms with van der Waals surface area (Å²) in [6, 6.07) is 9.57. The van der Waals surface area contributed by atoms with E-state index < -0.39 is 0 Å². The van der Waals surface area contributed by atoms with Crippen LogP contribution in [-0.2, 0) is 11.3 Å². The molecule has 2 aliphatic rings. The molecule has 0 N–H and O–H groups in total. The molecular formula is C45H79Cl. The molecule has 2 saturated carbocycles. The zero-order chi connectivity index (χ0) is 33.4. The first kappa shape index (κ1) is 39.9. The van der Waals surface area contributed by atoms with Crippen molar-refractivity contribution in [1.29, 1.82) is 0 Å². The Hall–Kier alpha value is -0.490. The summed E-state index contributed by atoms with van der Waals surface area (Å²) in [5.74, 6) is 5.55. The zero-order valence-electron chi connectivity index (χ0n) is 32.1. The zero-order valence-corrected chi connectivity index (χ0v) is 32.8. The van der Waals surface area contributed by atoms with Gasteiger partial charge in [-0.3, -0.25) is 0 Å². The standard InChI is InChI=1S/C45H79Cl/c1-8-9-10-11-12-13-14-15-16-17-18-19-20-21-22-23-26-39-27-24-25-28-42(39)45(46,43-33-37(6)29-31-40(43)35(2)3)44-34-38(7)30-32-41(44)36(4)5/h24-25,27-28,35-38,40-41,43-44H,8-23,26,29-34H2,1-7H3. The van der Waals surface area contributed by atoms with Crippen molar-refractivity contribution in [2.75, 3.05) is 0 Å². The lowest BCUT2D eigenvalue weighted by Gasteiger charge is -2.55. The minimum atomic E-state index is -0.251. The topological polar surface area (TPSA) is 0 Å². The molecule has 2 fully saturated rings. The summed E-state index contributed by atoms with van der Waals surface area (Å²) in [7, 11) is 0. The van der Waals surface area contributed by atoms with Crippen LogP contribution in [0.3, 0.4) is 0 Å². The van der Waals surface area contributed by atoms with Gasteiger partial charge in [-0.1, -0.05) is 182 Å². The summed E-state index contributed by atoms with van der Waals surface area (Å²) in [5.41, 5.74) is 3.11. The molecule has 6 unspecified atom stereocenters. The third-order valence-electron chi connectivity index (χ3n) is 12.9. The summed E-state index contributed by atoms with van der Waals surface area (Å²) >= 11 is 8.51. The Morgan fingerprint density at radius 2 is 0.978 bits per heavy atom. The molecule has 0 aromatic heterocycles. The number of unbranched alkanes of at least 4 members (excludes halogenated alkanes) is 15. The lowest BCUT2D eigenvalue weighted by Crippen LogP contribution is -2.50. The Morgan fingerprint density at radius 1 is 0.587 bits per heavy atom. The lowest BCUT2D eigenvalue weighted by molar-refractivity contribution is 0.0209. The Morgan fingerprint density at radius 3 is 1.39 bits per heavy atom. The second-order valence-corrected chi connectivity index (χ2v) is 18.0. The number of rotatable bonds is 22. The van der Waals surface area contributed by atoms with E-state index in [1.165, 1.54) is 153 Å². The molecule has 0 heterocycles. The largest absolute Gasteiger partial charge is 0.113 e. The van der Waals surface area contributed by atoms with E-state index in [-0.39, 0.29) is 4.87 Å². The lowest BCUT2D eigenvalue weighted by atomic mass is 9.54. The molecule has 3 rings (SSSR count). The Labute approximate surface area is 294 Å². The molecule has 0 spiro atoms. The van der Waals surface area contributed by atoms with Crippen LogP contribution in [0.1, 0.15) is 201 Å². The van der Waals surface area contributed by atoms with Crippen LogP contribution in [0.2, 0.25) is 0 Å². The van der Waals surface area contributed by atoms with Crippen LogP contribution in [0, 0.1) is 47.3 Å². The van der Waals surface area contributed by atoms with Crippen LogP contribution in [0.15, 0.2) is 24.3 Å². The fraction of sp³-hybridized carbons (Fsp3) is 0.867. The number of hydrogen-bond acceptors (Lipinski definition) is 0. The number of hydrogen-bond donors (Lipinski definition) is 0. The molecule has 0 bridgehead atoms. The van der Waals surface area contributed by atoms with Crippen molar-refractivity contribution in [2.24, 2.45) is 47.3 Å². The molecular weight excluding hydrogens is 576 g/mol. The van der Waals surface area contributed by atoms with Gasteiger partial charge in [0.15, 0.2) is 0 Å². The maximum Gasteiger partial charge on any atom is 0.0759 e. The van der Waals surface area contributed by atoms with Crippen LogP contribution in [-0.4, -0.2) is 0 Å². The van der Waals surface area contributed by atoms with E-state index in [1.807, 2.05) is 0 Å². The predicted molar refractivity (Wildman–Crippen MR) is 207 cm³/mol. The maximum absolute atomic E-state index is 8.51. The summed E-state index contributed by atoms with van der Waals surface area (Å²) in [6.07, 6.45) is 32.1. The van der Waals surface area contributed by atoms with E-state index in [1.54, 1.807) is 5.56 Å². The second kappa shape index (κ2) is 21.6. The van der Waals surface area contributed by atoms with Crippen molar-refractivity contribution in [2.45, 2.75) is 201 Å². The van der Waals surface area contributed by atoms with E-state index in [0.717, 1.165) is 23.7 Å². The molecule has 0 radical (unpaired) electrons. The Balaban J connectivity index is 1.58. The van der Waals surface area contributed by atoms with Gasteiger partial charge in [0.1, 0.15) is 0 Å². The molecule has 6 atom stereocenters. The maximum atomic E-state index is 8.51. The van der Waals surface area contributed by atoms with Crippen LogP contribution in [0.4, 0.5) is 0 Å². The van der Waals surface area contributed by atoms with Gasteiger partial charge in [-0.2, -0.15) is 0 Å². The van der Waals surface area contributed by atoms with Crippen molar-refractivity contribution in [3.8, 4) is 0 Å². The van der Waals surface area contributed by atoms with E-state index >= 15 is 0 Å². The highest BCUT2D eigenvalue weighted by Crippen LogP contribution is 2.60. The molecule has 0 nitrogen and oxygen atoms in total. The predicted octanol–water partition coefficient (Wildman–Crippen LogP) is 15.3. The molecule has 0 amide bonds. The number of benzene rings is 1. The third-order valence-corrected chi connectivity index (χ3v) is 13.6. The monoisotopic (exact) mass is 655 g/mol. The second-order valence-electron chi connectivity index (χ2n) is 17.3. The molecule has 1 aromatic carbocycles. The smallest absolute Gasteiger partial charge is 0.0759 e. The van der Waals surface area contributed by atoms with Crippen molar-refractivity contribution < 1.29 is 0 Å². The fourth-order valence-electron chi connectivity index (χ4n) is 10.0. The number of halogens is 1. The fourth-order valence-corrected chi connectivity index (χ4v) is 10.7. The first-order valence-electron chi connectivity index (χ1n) is 21.0. The number of alkyl halides is 1. The molecule has 2 aliphatic carbocycles. The van der Waals surface area contributed by atoms with Gasteiger partial charge < -0.3 is 0 Å². The number of aryl methyl sites for hydroxylation is 1. The van der Waals surface area contributed by atoms with E-state index in [0.29, 0.717) is 23.7 Å². The van der Waals surface area contributed by atoms with Gasteiger partial charge in [0.2, 0.25) is 0 Å². The van der Waals surface area contributed by atoms with Gasteiger partial charge in [-0.15, -0.1) is 11.6 Å². The molecule has 1 heteroatoms. The third kappa shape index (κ3) is 12.1. The first-order valence-corrected chi connectivity index (χ1v) is 21.3. The van der Waals surface area contributed by atoms with Gasteiger partial charge in [-0.25, -0.2) is 0 Å². The molecule has 0 aliphatic heterocycles. The van der Waals surface area contributed by atoms with Crippen LogP contribution in [0.5, 0.6) is 0 Å². The normalized spacial score (nSPS) is 26.9. The summed E-state index contributed by atoms with van der Waals surface area (Å²) < 4.78 is 0. The summed E-state index contributed by atoms with van der Waals surface area (Å²) in [6.45, 7) is 17.3.